The summed E-state index contributed by atoms with van der Waals surface area (Å²) in [5.74, 6) is -1.28. The zero-order valence-electron chi connectivity index (χ0n) is 15.1. The highest BCUT2D eigenvalue weighted by atomic mass is 28.4. The number of hydrogen-bond donors (Lipinski definition) is 3. The summed E-state index contributed by atoms with van der Waals surface area (Å²) in [6, 6.07) is -1.33. The molecule has 1 heterocycles. The Kier molecular flexibility index (Phi) is 5.90. The van der Waals surface area contributed by atoms with E-state index in [4.69, 9.17) is 4.43 Å². The van der Waals surface area contributed by atoms with Crippen molar-refractivity contribution in [2.45, 2.75) is 76.0 Å². The first-order valence-electron chi connectivity index (χ1n) is 8.04. The molecule has 0 spiro atoms. The lowest BCUT2D eigenvalue weighted by atomic mass is 10.0. The van der Waals surface area contributed by atoms with Crippen molar-refractivity contribution in [1.82, 2.24) is 4.90 Å². The molecular weight excluding hydrogens is 330 g/mol. The molecule has 0 saturated carbocycles. The molecule has 0 aromatic carbocycles. The number of nitrogens with zero attached hydrogens (tertiary/aromatic N) is 1. The Bertz CT molecular complexity index is 515. The second kappa shape index (κ2) is 6.85. The Morgan fingerprint density at radius 3 is 2.29 bits per heavy atom. The Morgan fingerprint density at radius 1 is 1.38 bits per heavy atom. The van der Waals surface area contributed by atoms with Crippen LogP contribution < -0.4 is 0 Å². The fourth-order valence-electron chi connectivity index (χ4n) is 2.70. The molecule has 8 heteroatoms. The molecule has 1 saturated heterocycles. The predicted octanol–water partition coefficient (Wildman–Crippen LogP) is 2.87. The number of carboxylic acid groups (broad SMARTS) is 2. The van der Waals surface area contributed by atoms with Crippen LogP contribution in [0.2, 0.25) is 18.1 Å². The molecule has 0 aromatic rings. The number of carboxylic acids is 1. The summed E-state index contributed by atoms with van der Waals surface area (Å²) in [5.41, 5.74) is -1.88. The lowest BCUT2D eigenvalue weighted by molar-refractivity contribution is -0.154. The van der Waals surface area contributed by atoms with Crippen LogP contribution >= 0.6 is 0 Å². The lowest BCUT2D eigenvalue weighted by Gasteiger charge is -2.43. The molecule has 1 rings (SSSR count). The van der Waals surface area contributed by atoms with Crippen molar-refractivity contribution in [3.8, 4) is 0 Å². The van der Waals surface area contributed by atoms with E-state index in [1.54, 1.807) is 6.08 Å². The Balaban J connectivity index is 3.27. The third kappa shape index (κ3) is 3.81. The van der Waals surface area contributed by atoms with Crippen molar-refractivity contribution >= 4 is 20.4 Å². The van der Waals surface area contributed by atoms with Crippen LogP contribution in [0.4, 0.5) is 4.79 Å². The van der Waals surface area contributed by atoms with Crippen molar-refractivity contribution in [2.24, 2.45) is 0 Å². The standard InChI is InChI=1S/C16H29NO6Si/c1-7-8-9-16(22)12(23-24(5,6)15(2,3)4)10-11(13(18)19)17(16)14(20)21/h7,11-12,22H,1,8-10H2,2-6H3,(H,18,19)(H,20,21)/t11-,12+,16?/m0/s1. The molecular formula is C16H29NO6Si. The molecule has 1 amide bonds. The van der Waals surface area contributed by atoms with E-state index in [0.29, 0.717) is 11.3 Å². The SMILES string of the molecule is C=CCCC1(O)[C@H](O[Si](C)(C)C(C)(C)C)C[C@@H](C(=O)O)N1C(=O)O. The first-order valence-corrected chi connectivity index (χ1v) is 10.9. The number of allylic oxidation sites excluding steroid dienone is 1. The van der Waals surface area contributed by atoms with Crippen molar-refractivity contribution in [1.29, 1.82) is 0 Å². The summed E-state index contributed by atoms with van der Waals surface area (Å²) in [6.45, 7) is 13.6. The van der Waals surface area contributed by atoms with Gasteiger partial charge in [0.05, 0.1) is 6.10 Å². The van der Waals surface area contributed by atoms with Crippen LogP contribution in [0.25, 0.3) is 0 Å². The molecule has 1 unspecified atom stereocenters. The minimum absolute atomic E-state index is 0.0475. The first-order chi connectivity index (χ1) is 10.8. The maximum atomic E-state index is 11.6. The van der Waals surface area contributed by atoms with E-state index >= 15 is 0 Å². The van der Waals surface area contributed by atoms with E-state index < -0.39 is 38.3 Å². The molecule has 0 bridgehead atoms. The topological polar surface area (TPSA) is 107 Å². The van der Waals surface area contributed by atoms with Crippen molar-refractivity contribution in [3.63, 3.8) is 0 Å². The summed E-state index contributed by atoms with van der Waals surface area (Å²) >= 11 is 0. The van der Waals surface area contributed by atoms with Crippen molar-refractivity contribution < 1.29 is 29.3 Å². The number of rotatable bonds is 6. The summed E-state index contributed by atoms with van der Waals surface area (Å²) in [7, 11) is -2.33. The van der Waals surface area contributed by atoms with E-state index in [2.05, 4.69) is 6.58 Å². The minimum atomic E-state index is -2.33. The van der Waals surface area contributed by atoms with E-state index in [-0.39, 0.29) is 17.9 Å². The second-order valence-corrected chi connectivity index (χ2v) is 12.6. The van der Waals surface area contributed by atoms with Gasteiger partial charge in [0.1, 0.15) is 6.04 Å². The van der Waals surface area contributed by atoms with Crippen LogP contribution in [0.3, 0.4) is 0 Å². The van der Waals surface area contributed by atoms with Gasteiger partial charge in [0.15, 0.2) is 14.0 Å². The number of amides is 1. The van der Waals surface area contributed by atoms with Gasteiger partial charge in [0, 0.05) is 12.8 Å². The van der Waals surface area contributed by atoms with Gasteiger partial charge in [-0.2, -0.15) is 0 Å². The molecule has 3 atom stereocenters. The fourth-order valence-corrected chi connectivity index (χ4v) is 4.05. The zero-order chi connectivity index (χ0) is 18.9. The smallest absolute Gasteiger partial charge is 0.410 e. The van der Waals surface area contributed by atoms with Crippen LogP contribution in [0.1, 0.15) is 40.0 Å². The zero-order valence-corrected chi connectivity index (χ0v) is 16.1. The third-order valence-electron chi connectivity index (χ3n) is 5.13. The maximum absolute atomic E-state index is 11.6. The number of aliphatic hydroxyl groups is 1. The fraction of sp³-hybridized carbons (Fsp3) is 0.750. The lowest BCUT2D eigenvalue weighted by Crippen LogP contribution is -2.58. The molecule has 0 radical (unpaired) electrons. The average Bonchev–Trinajstić information content (AvgIpc) is 2.69. The van der Waals surface area contributed by atoms with Gasteiger partial charge in [-0.3, -0.25) is 4.90 Å². The normalized spacial score (nSPS) is 28.0. The molecule has 1 aliphatic heterocycles. The summed E-state index contributed by atoms with van der Waals surface area (Å²) in [5, 5.41) is 29.8. The van der Waals surface area contributed by atoms with Gasteiger partial charge in [0.2, 0.25) is 0 Å². The molecule has 7 nitrogen and oxygen atoms in total. The Hall–Kier alpha value is -1.38. The Morgan fingerprint density at radius 2 is 1.92 bits per heavy atom. The quantitative estimate of drug-likeness (QED) is 0.497. The van der Waals surface area contributed by atoms with E-state index in [1.165, 1.54) is 0 Å². The summed E-state index contributed by atoms with van der Waals surface area (Å²) < 4.78 is 6.22. The summed E-state index contributed by atoms with van der Waals surface area (Å²) in [4.78, 5) is 23.8. The largest absolute Gasteiger partial charge is 0.480 e. The van der Waals surface area contributed by atoms with E-state index in [0.717, 1.165) is 0 Å². The van der Waals surface area contributed by atoms with Gasteiger partial charge < -0.3 is 19.7 Å². The molecule has 1 fully saturated rings. The number of carbonyl (C=O) groups is 2. The van der Waals surface area contributed by atoms with Crippen LogP contribution in [-0.4, -0.2) is 58.5 Å². The molecule has 3 N–H and O–H groups in total. The second-order valence-electron chi connectivity index (χ2n) is 7.82. The molecule has 24 heavy (non-hydrogen) atoms. The number of hydrogen-bond acceptors (Lipinski definition) is 4. The Labute approximate surface area is 144 Å². The molecule has 138 valence electrons. The van der Waals surface area contributed by atoms with Crippen molar-refractivity contribution in [3.05, 3.63) is 12.7 Å². The first kappa shape index (κ1) is 20.7. The van der Waals surface area contributed by atoms with Gasteiger partial charge >= 0.3 is 12.1 Å². The predicted molar refractivity (Wildman–Crippen MR) is 92.4 cm³/mol. The third-order valence-corrected chi connectivity index (χ3v) is 9.62. The van der Waals surface area contributed by atoms with Crippen LogP contribution in [0, 0.1) is 0 Å². The molecule has 0 aromatic heterocycles. The highest BCUT2D eigenvalue weighted by molar-refractivity contribution is 6.74. The van der Waals surface area contributed by atoms with Gasteiger partial charge in [-0.05, 0) is 24.6 Å². The molecule has 0 aliphatic carbocycles. The van der Waals surface area contributed by atoms with Gasteiger partial charge in [-0.25, -0.2) is 9.59 Å². The van der Waals surface area contributed by atoms with Gasteiger partial charge in [-0.1, -0.05) is 26.8 Å². The van der Waals surface area contributed by atoms with Crippen LogP contribution in [-0.2, 0) is 9.22 Å². The van der Waals surface area contributed by atoms with Crippen LogP contribution in [0.15, 0.2) is 12.7 Å². The summed E-state index contributed by atoms with van der Waals surface area (Å²) in [6.07, 6.45) is -0.446. The van der Waals surface area contributed by atoms with Gasteiger partial charge in [0.25, 0.3) is 0 Å². The highest BCUT2D eigenvalue weighted by Crippen LogP contribution is 2.44. The number of aliphatic carboxylic acids is 1. The maximum Gasteiger partial charge on any atom is 0.410 e. The van der Waals surface area contributed by atoms with Crippen LogP contribution in [0.5, 0.6) is 0 Å². The van der Waals surface area contributed by atoms with E-state index in [1.807, 2.05) is 33.9 Å². The average molecular weight is 359 g/mol. The minimum Gasteiger partial charge on any atom is -0.480 e. The molecule has 1 aliphatic rings. The van der Waals surface area contributed by atoms with Gasteiger partial charge in [-0.15, -0.1) is 6.58 Å². The van der Waals surface area contributed by atoms with Crippen molar-refractivity contribution in [2.75, 3.05) is 0 Å². The number of likely N-dealkylation sites (tertiary alicyclic amines) is 1. The highest BCUT2D eigenvalue weighted by Gasteiger charge is 2.59. The monoisotopic (exact) mass is 359 g/mol. The van der Waals surface area contributed by atoms with E-state index in [9.17, 15) is 24.9 Å².